The van der Waals surface area contributed by atoms with Gasteiger partial charge >= 0.3 is 0 Å². The summed E-state index contributed by atoms with van der Waals surface area (Å²) in [6.07, 6.45) is 0. The quantitative estimate of drug-likeness (QED) is 0.671. The van der Waals surface area contributed by atoms with E-state index in [0.717, 1.165) is 16.7 Å². The van der Waals surface area contributed by atoms with Gasteiger partial charge in [-0.3, -0.25) is 4.79 Å². The summed E-state index contributed by atoms with van der Waals surface area (Å²) in [7, 11) is 0. The van der Waals surface area contributed by atoms with Gasteiger partial charge in [0.25, 0.3) is 0 Å². The van der Waals surface area contributed by atoms with Crippen LogP contribution in [0.15, 0.2) is 45.6 Å². The van der Waals surface area contributed by atoms with E-state index < -0.39 is 0 Å². The molecule has 21 heavy (non-hydrogen) atoms. The van der Waals surface area contributed by atoms with Crippen LogP contribution in [-0.2, 0) is 0 Å². The van der Waals surface area contributed by atoms with Gasteiger partial charge < -0.3 is 14.6 Å². The molecule has 2 aliphatic rings. The number of phenols is 2. The molecule has 1 aromatic carbocycles. The normalized spacial score (nSPS) is 11.0. The summed E-state index contributed by atoms with van der Waals surface area (Å²) < 4.78 is 5.84. The number of hydrogen-bond acceptors (Lipinski definition) is 4. The van der Waals surface area contributed by atoms with E-state index in [9.17, 15) is 15.0 Å². The lowest BCUT2D eigenvalue weighted by Crippen LogP contribution is -2.02. The van der Waals surface area contributed by atoms with Crippen LogP contribution in [0.25, 0.3) is 22.6 Å². The second-order valence-corrected chi connectivity index (χ2v) is 5.11. The van der Waals surface area contributed by atoms with Crippen LogP contribution in [0.4, 0.5) is 0 Å². The Morgan fingerprint density at radius 3 is 2.38 bits per heavy atom. The first-order valence-corrected chi connectivity index (χ1v) is 6.53. The Balaban J connectivity index is 2.28. The van der Waals surface area contributed by atoms with Crippen molar-refractivity contribution in [1.82, 2.24) is 0 Å². The smallest absolute Gasteiger partial charge is 0.182 e. The van der Waals surface area contributed by atoms with Crippen molar-refractivity contribution in [3.8, 4) is 34.1 Å². The zero-order chi connectivity index (χ0) is 15.1. The Morgan fingerprint density at radius 2 is 1.67 bits per heavy atom. The first-order valence-electron chi connectivity index (χ1n) is 6.53. The largest absolute Gasteiger partial charge is 0.504 e. The Labute approximate surface area is 121 Å². The molecule has 0 aromatic heterocycles. The average molecular weight is 282 g/mol. The van der Waals surface area contributed by atoms with Crippen molar-refractivity contribution in [3.05, 3.63) is 57.7 Å². The summed E-state index contributed by atoms with van der Waals surface area (Å²) in [5.74, 6) is 0.668. The topological polar surface area (TPSA) is 70.7 Å². The second kappa shape index (κ2) is 4.66. The summed E-state index contributed by atoms with van der Waals surface area (Å²) in [4.78, 5) is 11.6. The standard InChI is InChI=1S/C17H14O4/c1-9-5-12(18)8-16-13(9)6-10(2)17(21-16)11-3-4-14(19)15(20)7-11/h3-8,19-20H,1-2H3. The molecule has 1 aliphatic carbocycles. The summed E-state index contributed by atoms with van der Waals surface area (Å²) >= 11 is 0. The van der Waals surface area contributed by atoms with Gasteiger partial charge in [0.1, 0.15) is 11.5 Å². The van der Waals surface area contributed by atoms with Gasteiger partial charge in [0, 0.05) is 17.2 Å². The van der Waals surface area contributed by atoms with Crippen molar-refractivity contribution in [3.63, 3.8) is 0 Å². The molecule has 4 nitrogen and oxygen atoms in total. The van der Waals surface area contributed by atoms with Crippen LogP contribution in [-0.4, -0.2) is 10.2 Å². The summed E-state index contributed by atoms with van der Waals surface area (Å²) in [6, 6.07) is 9.46. The molecule has 3 rings (SSSR count). The molecule has 106 valence electrons. The molecule has 1 aliphatic heterocycles. The molecule has 2 N–H and O–H groups in total. The fourth-order valence-electron chi connectivity index (χ4n) is 2.43. The molecule has 4 heteroatoms. The highest BCUT2D eigenvalue weighted by atomic mass is 16.3. The third-order valence-electron chi connectivity index (χ3n) is 3.49. The third kappa shape index (κ3) is 2.25. The summed E-state index contributed by atoms with van der Waals surface area (Å²) in [5.41, 5.74) is 3.17. The highest BCUT2D eigenvalue weighted by Crippen LogP contribution is 2.36. The van der Waals surface area contributed by atoms with Crippen LogP contribution in [0.2, 0.25) is 0 Å². The highest BCUT2D eigenvalue weighted by molar-refractivity contribution is 5.71. The Bertz CT molecular complexity index is 861. The Hall–Kier alpha value is -2.75. The van der Waals surface area contributed by atoms with E-state index in [0.29, 0.717) is 17.1 Å². The molecule has 0 atom stereocenters. The molecule has 1 heterocycles. The van der Waals surface area contributed by atoms with Gasteiger partial charge in [-0.15, -0.1) is 0 Å². The van der Waals surface area contributed by atoms with Gasteiger partial charge in [-0.25, -0.2) is 0 Å². The molecule has 0 fully saturated rings. The van der Waals surface area contributed by atoms with Crippen molar-refractivity contribution in [2.24, 2.45) is 0 Å². The van der Waals surface area contributed by atoms with Crippen molar-refractivity contribution < 1.29 is 14.6 Å². The Morgan fingerprint density at radius 1 is 0.905 bits per heavy atom. The van der Waals surface area contributed by atoms with Gasteiger partial charge in [0.2, 0.25) is 0 Å². The monoisotopic (exact) mass is 282 g/mol. The zero-order valence-corrected chi connectivity index (χ0v) is 11.7. The van der Waals surface area contributed by atoms with Crippen LogP contribution in [0, 0.1) is 13.8 Å². The second-order valence-electron chi connectivity index (χ2n) is 5.11. The minimum atomic E-state index is -0.212. The van der Waals surface area contributed by atoms with Crippen molar-refractivity contribution >= 4 is 0 Å². The first kappa shape index (κ1) is 13.2. The zero-order valence-electron chi connectivity index (χ0n) is 11.7. The molecule has 0 saturated carbocycles. The van der Waals surface area contributed by atoms with E-state index in [-0.39, 0.29) is 16.9 Å². The molecule has 0 amide bonds. The van der Waals surface area contributed by atoms with Crippen LogP contribution in [0.5, 0.6) is 11.5 Å². The lowest BCUT2D eigenvalue weighted by atomic mass is 10.00. The average Bonchev–Trinajstić information content (AvgIpc) is 2.42. The van der Waals surface area contributed by atoms with Crippen LogP contribution in [0.3, 0.4) is 0 Å². The van der Waals surface area contributed by atoms with Gasteiger partial charge in [0.15, 0.2) is 16.9 Å². The highest BCUT2D eigenvalue weighted by Gasteiger charge is 2.15. The number of rotatable bonds is 1. The van der Waals surface area contributed by atoms with Gasteiger partial charge in [-0.2, -0.15) is 0 Å². The molecule has 0 unspecified atom stereocenters. The minimum absolute atomic E-state index is 0.105. The van der Waals surface area contributed by atoms with Gasteiger partial charge in [-0.05, 0) is 55.3 Å². The Kier molecular flexibility index (Phi) is 2.94. The maximum absolute atomic E-state index is 11.6. The van der Waals surface area contributed by atoms with E-state index in [1.165, 1.54) is 18.2 Å². The molecular weight excluding hydrogens is 268 g/mol. The molecular formula is C17H14O4. The molecule has 0 saturated heterocycles. The van der Waals surface area contributed by atoms with Crippen LogP contribution >= 0.6 is 0 Å². The van der Waals surface area contributed by atoms with E-state index >= 15 is 0 Å². The molecule has 1 aromatic rings. The summed E-state index contributed by atoms with van der Waals surface area (Å²) in [5, 5.41) is 19.0. The molecule has 0 bridgehead atoms. The lowest BCUT2D eigenvalue weighted by molar-refractivity contribution is 0.404. The van der Waals surface area contributed by atoms with Gasteiger partial charge in [0.05, 0.1) is 0 Å². The van der Waals surface area contributed by atoms with Crippen molar-refractivity contribution in [2.45, 2.75) is 13.8 Å². The molecule has 0 radical (unpaired) electrons. The number of phenolic OH excluding ortho intramolecular Hbond substituents is 2. The number of hydrogen-bond donors (Lipinski definition) is 2. The van der Waals surface area contributed by atoms with Crippen molar-refractivity contribution in [2.75, 3.05) is 0 Å². The predicted octanol–water partition coefficient (Wildman–Crippen LogP) is 3.44. The third-order valence-corrected chi connectivity index (χ3v) is 3.49. The predicted molar refractivity (Wildman–Crippen MR) is 79.8 cm³/mol. The first-order chi connectivity index (χ1) is 9.95. The summed E-state index contributed by atoms with van der Waals surface area (Å²) in [6.45, 7) is 3.76. The number of fused-ring (bicyclic) bond motifs is 1. The molecule has 0 spiro atoms. The van der Waals surface area contributed by atoms with Crippen molar-refractivity contribution in [1.29, 1.82) is 0 Å². The van der Waals surface area contributed by atoms with Crippen LogP contribution < -0.4 is 5.43 Å². The number of aryl methyl sites for hydroxylation is 2. The lowest BCUT2D eigenvalue weighted by Gasteiger charge is -2.13. The van der Waals surface area contributed by atoms with E-state index in [1.54, 1.807) is 12.1 Å². The number of aromatic hydroxyl groups is 2. The number of benzene rings is 2. The SMILES string of the molecule is Cc1cc(=O)cc2oc(-c3ccc(O)c(O)c3)c(C)cc1-2. The van der Waals surface area contributed by atoms with E-state index in [2.05, 4.69) is 0 Å². The maximum atomic E-state index is 11.6. The van der Waals surface area contributed by atoms with E-state index in [4.69, 9.17) is 4.42 Å². The fraction of sp³-hybridized carbons (Fsp3) is 0.118. The minimum Gasteiger partial charge on any atom is -0.504 e. The van der Waals surface area contributed by atoms with Gasteiger partial charge in [-0.1, -0.05) is 0 Å². The fourth-order valence-corrected chi connectivity index (χ4v) is 2.43. The van der Waals surface area contributed by atoms with Crippen LogP contribution in [0.1, 0.15) is 11.1 Å². The van der Waals surface area contributed by atoms with E-state index in [1.807, 2.05) is 19.9 Å². The maximum Gasteiger partial charge on any atom is 0.182 e.